The molecule has 1 aromatic carbocycles. The van der Waals surface area contributed by atoms with E-state index >= 15 is 0 Å². The van der Waals surface area contributed by atoms with E-state index in [4.69, 9.17) is 4.74 Å². The second kappa shape index (κ2) is 5.18. The second-order valence-electron chi connectivity index (χ2n) is 4.49. The van der Waals surface area contributed by atoms with Gasteiger partial charge in [-0.1, -0.05) is 6.07 Å². The summed E-state index contributed by atoms with van der Waals surface area (Å²) >= 11 is 0. The molecule has 0 atom stereocenters. The summed E-state index contributed by atoms with van der Waals surface area (Å²) in [6.45, 7) is 6.07. The van der Waals surface area contributed by atoms with E-state index in [1.54, 1.807) is 13.2 Å². The number of rotatable bonds is 3. The highest BCUT2D eigenvalue weighted by Crippen LogP contribution is 2.36. The zero-order chi connectivity index (χ0) is 14.0. The van der Waals surface area contributed by atoms with Gasteiger partial charge in [-0.2, -0.15) is 0 Å². The number of aromatic nitrogens is 2. The van der Waals surface area contributed by atoms with E-state index in [1.807, 2.05) is 20.8 Å². The fourth-order valence-electron chi connectivity index (χ4n) is 2.20. The van der Waals surface area contributed by atoms with Gasteiger partial charge in [-0.3, -0.25) is 4.79 Å². The number of aldehydes is 1. The number of carbonyl (C=O) groups excluding carboxylic acids is 1. The molecule has 4 nitrogen and oxygen atoms in total. The highest BCUT2D eigenvalue weighted by atomic mass is 16.5. The quantitative estimate of drug-likeness (QED) is 0.792. The van der Waals surface area contributed by atoms with Crippen LogP contribution in [0.1, 0.15) is 27.2 Å². The van der Waals surface area contributed by atoms with Crippen LogP contribution in [0, 0.1) is 20.8 Å². The molecule has 0 N–H and O–H groups in total. The topological polar surface area (TPSA) is 52.1 Å². The van der Waals surface area contributed by atoms with E-state index in [1.165, 1.54) is 11.9 Å². The zero-order valence-corrected chi connectivity index (χ0v) is 11.5. The first-order valence-electron chi connectivity index (χ1n) is 6.01. The molecular weight excluding hydrogens is 240 g/mol. The molecule has 1 heterocycles. The first-order valence-corrected chi connectivity index (χ1v) is 6.01. The predicted octanol–water partition coefficient (Wildman–Crippen LogP) is 2.89. The minimum Gasteiger partial charge on any atom is -0.496 e. The Morgan fingerprint density at radius 3 is 2.47 bits per heavy atom. The highest BCUT2D eigenvalue weighted by molar-refractivity contribution is 5.78. The molecule has 0 aliphatic rings. The average molecular weight is 256 g/mol. The summed E-state index contributed by atoms with van der Waals surface area (Å²) in [6, 6.07) is 3.77. The first-order chi connectivity index (χ1) is 9.08. The number of nitrogens with zero attached hydrogens (tertiary/aromatic N) is 2. The Kier molecular flexibility index (Phi) is 3.60. The third-order valence-corrected chi connectivity index (χ3v) is 3.26. The Labute approximate surface area is 112 Å². The van der Waals surface area contributed by atoms with E-state index in [9.17, 15) is 4.79 Å². The van der Waals surface area contributed by atoms with Crippen molar-refractivity contribution in [2.75, 3.05) is 7.11 Å². The van der Waals surface area contributed by atoms with E-state index in [0.717, 1.165) is 22.4 Å². The maximum atomic E-state index is 10.8. The Hall–Kier alpha value is -2.23. The lowest BCUT2D eigenvalue weighted by Gasteiger charge is -2.16. The molecule has 2 aromatic rings. The number of ether oxygens (including phenoxy) is 1. The predicted molar refractivity (Wildman–Crippen MR) is 73.6 cm³/mol. The Balaban J connectivity index is 2.73. The van der Waals surface area contributed by atoms with E-state index in [-0.39, 0.29) is 0 Å². The van der Waals surface area contributed by atoms with Crippen LogP contribution in [-0.2, 0) is 0 Å². The summed E-state index contributed by atoms with van der Waals surface area (Å²) in [4.78, 5) is 19.0. The minimum atomic E-state index is 0.365. The fraction of sp³-hybridized carbons (Fsp3) is 0.267. The van der Waals surface area contributed by atoms with Gasteiger partial charge in [0, 0.05) is 5.56 Å². The molecule has 0 amide bonds. The Bertz CT molecular complexity index is 636. The largest absolute Gasteiger partial charge is 0.496 e. The SMILES string of the molecule is COc1c(C)c(C)cc(C)c1-c1cc(C=O)ncn1. The summed E-state index contributed by atoms with van der Waals surface area (Å²) in [5, 5.41) is 0. The molecule has 98 valence electrons. The molecule has 4 heteroatoms. The maximum Gasteiger partial charge on any atom is 0.168 e. The van der Waals surface area contributed by atoms with E-state index < -0.39 is 0 Å². The number of benzene rings is 1. The van der Waals surface area contributed by atoms with Crippen molar-refractivity contribution >= 4 is 6.29 Å². The van der Waals surface area contributed by atoms with Gasteiger partial charge in [-0.15, -0.1) is 0 Å². The molecule has 0 radical (unpaired) electrons. The number of hydrogen-bond donors (Lipinski definition) is 0. The summed E-state index contributed by atoms with van der Waals surface area (Å²) < 4.78 is 5.52. The number of carbonyl (C=O) groups is 1. The minimum absolute atomic E-state index is 0.365. The molecule has 2 rings (SSSR count). The smallest absolute Gasteiger partial charge is 0.168 e. The van der Waals surface area contributed by atoms with Gasteiger partial charge in [0.05, 0.1) is 12.8 Å². The van der Waals surface area contributed by atoms with Gasteiger partial charge in [-0.25, -0.2) is 9.97 Å². The Morgan fingerprint density at radius 1 is 1.11 bits per heavy atom. The van der Waals surface area contributed by atoms with Crippen LogP contribution in [0.2, 0.25) is 0 Å². The third-order valence-electron chi connectivity index (χ3n) is 3.26. The first kappa shape index (κ1) is 13.2. The molecule has 0 fully saturated rings. The van der Waals surface area contributed by atoms with Crippen molar-refractivity contribution in [3.05, 3.63) is 40.8 Å². The average Bonchev–Trinajstić information content (AvgIpc) is 2.42. The lowest BCUT2D eigenvalue weighted by atomic mass is 9.96. The molecular formula is C15H16N2O2. The maximum absolute atomic E-state index is 10.8. The molecule has 0 saturated heterocycles. The lowest BCUT2D eigenvalue weighted by Crippen LogP contribution is -1.99. The normalized spacial score (nSPS) is 10.3. The van der Waals surface area contributed by atoms with Gasteiger partial charge in [-0.05, 0) is 43.5 Å². The molecule has 19 heavy (non-hydrogen) atoms. The van der Waals surface area contributed by atoms with Crippen LogP contribution in [0.15, 0.2) is 18.5 Å². The summed E-state index contributed by atoms with van der Waals surface area (Å²) in [7, 11) is 1.65. The summed E-state index contributed by atoms with van der Waals surface area (Å²) in [6.07, 6.45) is 2.11. The van der Waals surface area contributed by atoms with Gasteiger partial charge >= 0.3 is 0 Å². The second-order valence-corrected chi connectivity index (χ2v) is 4.49. The number of hydrogen-bond acceptors (Lipinski definition) is 4. The van der Waals surface area contributed by atoms with Crippen molar-refractivity contribution in [3.63, 3.8) is 0 Å². The van der Waals surface area contributed by atoms with Crippen molar-refractivity contribution < 1.29 is 9.53 Å². The summed E-state index contributed by atoms with van der Waals surface area (Å²) in [5.41, 5.74) is 5.29. The summed E-state index contributed by atoms with van der Waals surface area (Å²) in [5.74, 6) is 0.799. The van der Waals surface area contributed by atoms with Gasteiger partial charge < -0.3 is 4.74 Å². The van der Waals surface area contributed by atoms with Crippen LogP contribution < -0.4 is 4.74 Å². The van der Waals surface area contributed by atoms with Crippen LogP contribution >= 0.6 is 0 Å². The van der Waals surface area contributed by atoms with Gasteiger partial charge in [0.25, 0.3) is 0 Å². The zero-order valence-electron chi connectivity index (χ0n) is 11.5. The van der Waals surface area contributed by atoms with Gasteiger partial charge in [0.2, 0.25) is 0 Å². The van der Waals surface area contributed by atoms with Crippen LogP contribution in [0.5, 0.6) is 5.75 Å². The van der Waals surface area contributed by atoms with E-state index in [0.29, 0.717) is 17.7 Å². The Morgan fingerprint density at radius 2 is 1.84 bits per heavy atom. The molecule has 0 aliphatic carbocycles. The van der Waals surface area contributed by atoms with Crippen LogP contribution in [-0.4, -0.2) is 23.4 Å². The molecule has 0 spiro atoms. The van der Waals surface area contributed by atoms with Crippen molar-refractivity contribution in [3.8, 4) is 17.0 Å². The van der Waals surface area contributed by atoms with Crippen molar-refractivity contribution in [1.82, 2.24) is 9.97 Å². The van der Waals surface area contributed by atoms with Crippen molar-refractivity contribution in [2.45, 2.75) is 20.8 Å². The molecule has 0 unspecified atom stereocenters. The fourth-order valence-corrected chi connectivity index (χ4v) is 2.20. The van der Waals surface area contributed by atoms with E-state index in [2.05, 4.69) is 16.0 Å². The van der Waals surface area contributed by atoms with Crippen LogP contribution in [0.3, 0.4) is 0 Å². The molecule has 0 saturated carbocycles. The van der Waals surface area contributed by atoms with Gasteiger partial charge in [0.1, 0.15) is 17.8 Å². The third kappa shape index (κ3) is 2.34. The van der Waals surface area contributed by atoms with Gasteiger partial charge in [0.15, 0.2) is 6.29 Å². The standard InChI is InChI=1S/C15H16N2O2/c1-9-5-10(2)14(15(19-4)11(9)3)13-6-12(7-18)16-8-17-13/h5-8H,1-4H3. The lowest BCUT2D eigenvalue weighted by molar-refractivity contribution is 0.111. The molecule has 0 bridgehead atoms. The molecule has 0 aliphatic heterocycles. The van der Waals surface area contributed by atoms with Crippen molar-refractivity contribution in [2.24, 2.45) is 0 Å². The number of methoxy groups -OCH3 is 1. The van der Waals surface area contributed by atoms with Crippen LogP contribution in [0.25, 0.3) is 11.3 Å². The van der Waals surface area contributed by atoms with Crippen LogP contribution in [0.4, 0.5) is 0 Å². The molecule has 1 aromatic heterocycles. The van der Waals surface area contributed by atoms with Crippen molar-refractivity contribution in [1.29, 1.82) is 0 Å². The number of aryl methyl sites for hydroxylation is 2. The monoisotopic (exact) mass is 256 g/mol. The highest BCUT2D eigenvalue weighted by Gasteiger charge is 2.15.